The third-order valence-corrected chi connectivity index (χ3v) is 10.6. The molecule has 0 aromatic carbocycles. The SMILES string of the molecule is CC(C)C(C)C(=O)O.CCC(C)(C)C(=O)NC(C)(C)CS(=O)(=O)O.CCC(C)(C)C(=O)O.CCC(C)C(=O)NC(C)(C)CS(=O)(=O)O.CCC(C)C(=O)O. The highest BCUT2D eigenvalue weighted by Crippen LogP contribution is 2.21. The van der Waals surface area contributed by atoms with Crippen molar-refractivity contribution in [1.82, 2.24) is 10.6 Å². The fourth-order valence-electron chi connectivity index (χ4n) is 2.87. The molecule has 0 aliphatic rings. The molecule has 0 aliphatic heterocycles. The monoisotopic (exact) mass is 822 g/mol. The first kappa shape index (κ1) is 60.4. The standard InChI is InChI=1S/C10H21NO4S.C9H19NO4S.2C6H12O2.C5H10O2/c1-6-9(2,3)8(12)11-10(4,5)7-16(13,14)15;1-5-7(2)8(11)10-9(3,4)6-15(12,13)14;1-4-6(2,3)5(7)8;1-4(2)5(3)6(7)8;1-3-4(2)5(6)7/h6-7H2,1-5H3,(H,11,12)(H,13,14,15);7H,5-6H2,1-4H3,(H,10,11)(H,12,13,14);4H2,1-3H3,(H,7,8);4-5H,1-3H3,(H,7,8);4H,3H2,1-2H3,(H,6,7). The van der Waals surface area contributed by atoms with Gasteiger partial charge in [-0.05, 0) is 73.1 Å². The first-order valence-electron chi connectivity index (χ1n) is 17.9. The summed E-state index contributed by atoms with van der Waals surface area (Å²) in [5.41, 5.74) is -3.01. The van der Waals surface area contributed by atoms with E-state index in [4.69, 9.17) is 24.4 Å². The molecule has 54 heavy (non-hydrogen) atoms. The third kappa shape index (κ3) is 34.9. The van der Waals surface area contributed by atoms with Crippen LogP contribution in [0.5, 0.6) is 0 Å². The first-order chi connectivity index (χ1) is 23.7. The van der Waals surface area contributed by atoms with Gasteiger partial charge in [-0.2, -0.15) is 16.8 Å². The molecular formula is C36H74N2O14S2. The van der Waals surface area contributed by atoms with E-state index in [-0.39, 0.29) is 35.5 Å². The highest BCUT2D eigenvalue weighted by molar-refractivity contribution is 7.86. The topological polar surface area (TPSA) is 279 Å². The summed E-state index contributed by atoms with van der Waals surface area (Å²) < 4.78 is 60.3. The number of hydrogen-bond donors (Lipinski definition) is 7. The Balaban J connectivity index is -0.000000194. The Morgan fingerprint density at radius 2 is 0.889 bits per heavy atom. The molecule has 0 radical (unpaired) electrons. The van der Waals surface area contributed by atoms with Crippen LogP contribution >= 0.6 is 0 Å². The quantitative estimate of drug-likeness (QED) is 0.0879. The van der Waals surface area contributed by atoms with Crippen molar-refractivity contribution in [3.05, 3.63) is 0 Å². The van der Waals surface area contributed by atoms with Crippen LogP contribution in [0, 0.1) is 34.5 Å². The maximum Gasteiger partial charge on any atom is 0.309 e. The van der Waals surface area contributed by atoms with E-state index in [1.807, 2.05) is 41.5 Å². The van der Waals surface area contributed by atoms with Crippen molar-refractivity contribution in [3.63, 3.8) is 0 Å². The smallest absolute Gasteiger partial charge is 0.309 e. The maximum atomic E-state index is 11.8. The zero-order valence-electron chi connectivity index (χ0n) is 35.8. The molecule has 0 rings (SSSR count). The fourth-order valence-corrected chi connectivity index (χ4v) is 4.84. The molecule has 324 valence electrons. The Hall–Kier alpha value is -2.83. The molecule has 0 bridgehead atoms. The van der Waals surface area contributed by atoms with Gasteiger partial charge in [0.2, 0.25) is 11.8 Å². The van der Waals surface area contributed by atoms with Crippen LogP contribution in [0.1, 0.15) is 143 Å². The summed E-state index contributed by atoms with van der Waals surface area (Å²) >= 11 is 0. The molecule has 18 heteroatoms. The van der Waals surface area contributed by atoms with Crippen molar-refractivity contribution < 1.29 is 65.2 Å². The molecule has 0 saturated heterocycles. The molecule has 16 nitrogen and oxygen atoms in total. The van der Waals surface area contributed by atoms with Crippen molar-refractivity contribution in [2.24, 2.45) is 34.5 Å². The minimum Gasteiger partial charge on any atom is -0.481 e. The van der Waals surface area contributed by atoms with Gasteiger partial charge in [0.1, 0.15) is 0 Å². The summed E-state index contributed by atoms with van der Waals surface area (Å²) in [6.07, 6.45) is 2.74. The predicted molar refractivity (Wildman–Crippen MR) is 211 cm³/mol. The second-order valence-corrected chi connectivity index (χ2v) is 19.2. The lowest BCUT2D eigenvalue weighted by atomic mass is 9.88. The number of rotatable bonds is 16. The summed E-state index contributed by atoms with van der Waals surface area (Å²) in [4.78, 5) is 53.6. The van der Waals surface area contributed by atoms with Gasteiger partial charge in [-0.25, -0.2) is 0 Å². The molecule has 7 N–H and O–H groups in total. The minimum absolute atomic E-state index is 0.161. The van der Waals surface area contributed by atoms with Gasteiger partial charge in [-0.3, -0.25) is 33.1 Å². The van der Waals surface area contributed by atoms with Crippen LogP contribution in [0.25, 0.3) is 0 Å². The largest absolute Gasteiger partial charge is 0.481 e. The Bertz CT molecular complexity index is 1370. The summed E-state index contributed by atoms with van der Waals surface area (Å²) in [7, 11) is -8.17. The minimum atomic E-state index is -4.09. The lowest BCUT2D eigenvalue weighted by Gasteiger charge is -2.30. The molecule has 0 aliphatic carbocycles. The van der Waals surface area contributed by atoms with Crippen molar-refractivity contribution in [3.8, 4) is 0 Å². The maximum absolute atomic E-state index is 11.8. The number of amides is 2. The number of carboxylic acids is 3. The van der Waals surface area contributed by atoms with E-state index < -0.39 is 71.6 Å². The Labute approximate surface area is 325 Å². The van der Waals surface area contributed by atoms with E-state index in [9.17, 15) is 40.8 Å². The molecule has 2 amide bonds. The number of hydrogen-bond acceptors (Lipinski definition) is 9. The van der Waals surface area contributed by atoms with Gasteiger partial charge in [-0.15, -0.1) is 0 Å². The van der Waals surface area contributed by atoms with Crippen molar-refractivity contribution in [1.29, 1.82) is 0 Å². The molecule has 0 saturated carbocycles. The molecule has 3 atom stereocenters. The third-order valence-electron chi connectivity index (χ3n) is 8.44. The van der Waals surface area contributed by atoms with Gasteiger partial charge in [0.15, 0.2) is 0 Å². The second kappa shape index (κ2) is 26.1. The molecule has 0 fully saturated rings. The van der Waals surface area contributed by atoms with Crippen LogP contribution < -0.4 is 10.6 Å². The van der Waals surface area contributed by atoms with Crippen LogP contribution in [-0.4, -0.2) is 93.6 Å². The van der Waals surface area contributed by atoms with Gasteiger partial charge in [0, 0.05) is 11.3 Å². The summed E-state index contributed by atoms with van der Waals surface area (Å²) in [5.74, 6) is -3.85. The predicted octanol–water partition coefficient (Wildman–Crippen LogP) is 6.01. The highest BCUT2D eigenvalue weighted by atomic mass is 32.2. The van der Waals surface area contributed by atoms with Crippen molar-refractivity contribution in [2.75, 3.05) is 11.5 Å². The van der Waals surface area contributed by atoms with Crippen LogP contribution in [-0.2, 0) is 44.2 Å². The van der Waals surface area contributed by atoms with Crippen LogP contribution in [0.4, 0.5) is 0 Å². The number of nitrogens with one attached hydrogen (secondary N) is 2. The molecule has 0 spiro atoms. The fraction of sp³-hybridized carbons (Fsp3) is 0.861. The van der Waals surface area contributed by atoms with E-state index >= 15 is 0 Å². The molecule has 0 aromatic rings. The van der Waals surface area contributed by atoms with E-state index in [2.05, 4.69) is 10.6 Å². The molecule has 0 aromatic heterocycles. The zero-order valence-corrected chi connectivity index (χ0v) is 37.4. The number of carboxylic acid groups (broad SMARTS) is 3. The van der Waals surface area contributed by atoms with Crippen molar-refractivity contribution >= 4 is 50.0 Å². The van der Waals surface area contributed by atoms with Gasteiger partial charge < -0.3 is 26.0 Å². The summed E-state index contributed by atoms with van der Waals surface area (Å²) in [6.45, 7) is 29.7. The second-order valence-electron chi connectivity index (χ2n) is 16.3. The molecule has 3 unspecified atom stereocenters. The van der Waals surface area contributed by atoms with Gasteiger partial charge in [0.25, 0.3) is 20.2 Å². The Kier molecular flexibility index (Phi) is 29.2. The van der Waals surface area contributed by atoms with Gasteiger partial charge >= 0.3 is 17.9 Å². The molecule has 0 heterocycles. The normalized spacial score (nSPS) is 13.6. The lowest BCUT2D eigenvalue weighted by Crippen LogP contribution is -2.52. The van der Waals surface area contributed by atoms with E-state index in [1.54, 1.807) is 76.2 Å². The average molecular weight is 823 g/mol. The molecular weight excluding hydrogens is 749 g/mol. The summed E-state index contributed by atoms with van der Waals surface area (Å²) in [6, 6.07) is 0. The van der Waals surface area contributed by atoms with Gasteiger partial charge in [-0.1, -0.05) is 76.2 Å². The number of carbonyl (C=O) groups is 5. The van der Waals surface area contributed by atoms with E-state index in [1.165, 1.54) is 0 Å². The number of aliphatic carboxylic acids is 3. The van der Waals surface area contributed by atoms with Gasteiger partial charge in [0.05, 0.1) is 39.8 Å². The first-order valence-corrected chi connectivity index (χ1v) is 21.2. The van der Waals surface area contributed by atoms with E-state index in [0.717, 1.165) is 6.42 Å². The van der Waals surface area contributed by atoms with Crippen molar-refractivity contribution in [2.45, 2.75) is 154 Å². The zero-order chi connectivity index (χ0) is 44.9. The Morgan fingerprint density at radius 1 is 0.556 bits per heavy atom. The van der Waals surface area contributed by atoms with Crippen LogP contribution in [0.2, 0.25) is 0 Å². The van der Waals surface area contributed by atoms with E-state index in [0.29, 0.717) is 19.3 Å². The summed E-state index contributed by atoms with van der Waals surface area (Å²) in [5, 5.41) is 30.2. The number of carbonyl (C=O) groups excluding carboxylic acids is 2. The van der Waals surface area contributed by atoms with Crippen LogP contribution in [0.3, 0.4) is 0 Å². The lowest BCUT2D eigenvalue weighted by molar-refractivity contribution is -0.147. The van der Waals surface area contributed by atoms with Crippen LogP contribution in [0.15, 0.2) is 0 Å². The average Bonchev–Trinajstić information content (AvgIpc) is 2.97. The Morgan fingerprint density at radius 3 is 1.06 bits per heavy atom. The highest BCUT2D eigenvalue weighted by Gasteiger charge is 2.33.